The van der Waals surface area contributed by atoms with Crippen LogP contribution in [0.5, 0.6) is 0 Å². The van der Waals surface area contributed by atoms with E-state index >= 15 is 0 Å². The van der Waals surface area contributed by atoms with Gasteiger partial charge in [0.25, 0.3) is 0 Å². The summed E-state index contributed by atoms with van der Waals surface area (Å²) in [7, 11) is 0. The Hall–Kier alpha value is -0.160. The van der Waals surface area contributed by atoms with Crippen molar-refractivity contribution in [3.8, 4) is 0 Å². The minimum Gasteiger partial charge on any atom is -0.396 e. The molecule has 1 aliphatic carbocycles. The Bertz CT molecular complexity index is 165. The molecule has 0 amide bonds. The highest BCUT2D eigenvalue weighted by Gasteiger charge is 2.41. The van der Waals surface area contributed by atoms with Gasteiger partial charge in [0.2, 0.25) is 0 Å². The molecule has 1 saturated carbocycles. The molecule has 1 rings (SSSR count). The number of ether oxygens (including phenoxy) is 2. The Morgan fingerprint density at radius 3 is 2.27 bits per heavy atom. The number of rotatable bonds is 9. The lowest BCUT2D eigenvalue weighted by Crippen LogP contribution is -2.35. The van der Waals surface area contributed by atoms with Gasteiger partial charge in [0, 0.05) is 38.3 Å². The minimum absolute atomic E-state index is 0.156. The minimum atomic E-state index is -0.158. The summed E-state index contributed by atoms with van der Waals surface area (Å²) >= 11 is 0. The predicted molar refractivity (Wildman–Crippen MR) is 58.7 cm³/mol. The normalized spacial score (nSPS) is 18.4. The van der Waals surface area contributed by atoms with Crippen molar-refractivity contribution >= 4 is 0 Å². The van der Waals surface area contributed by atoms with Crippen molar-refractivity contribution in [3.05, 3.63) is 0 Å². The first-order valence-corrected chi connectivity index (χ1v) is 5.81. The highest BCUT2D eigenvalue weighted by Crippen LogP contribution is 2.44. The summed E-state index contributed by atoms with van der Waals surface area (Å²) < 4.78 is 10.8. The van der Waals surface area contributed by atoms with Crippen LogP contribution in [0.25, 0.3) is 0 Å². The van der Waals surface area contributed by atoms with Crippen LogP contribution in [0.1, 0.15) is 26.7 Å². The van der Waals surface area contributed by atoms with Crippen molar-refractivity contribution in [3.63, 3.8) is 0 Å². The lowest BCUT2D eigenvalue weighted by Gasteiger charge is -2.19. The fraction of sp³-hybridized carbons (Fsp3) is 1.00. The summed E-state index contributed by atoms with van der Waals surface area (Å²) in [5.41, 5.74) is 0.156. The van der Waals surface area contributed by atoms with Gasteiger partial charge in [-0.15, -0.1) is 0 Å². The summed E-state index contributed by atoms with van der Waals surface area (Å²) in [5, 5.41) is 12.4. The van der Waals surface area contributed by atoms with E-state index in [1.165, 1.54) is 0 Å². The molecule has 0 aromatic heterocycles. The Balaban J connectivity index is 2.10. The van der Waals surface area contributed by atoms with Gasteiger partial charge < -0.3 is 19.9 Å². The molecule has 4 nitrogen and oxygen atoms in total. The molecule has 0 aromatic rings. The molecule has 1 aliphatic rings. The fourth-order valence-corrected chi connectivity index (χ4v) is 1.56. The molecule has 0 aliphatic heterocycles. The van der Waals surface area contributed by atoms with Crippen LogP contribution in [0.3, 0.4) is 0 Å². The van der Waals surface area contributed by atoms with Gasteiger partial charge in [-0.2, -0.15) is 0 Å². The summed E-state index contributed by atoms with van der Waals surface area (Å²) in [6.07, 6.45) is 2.10. The second kappa shape index (κ2) is 6.43. The third-order valence-corrected chi connectivity index (χ3v) is 2.81. The van der Waals surface area contributed by atoms with Gasteiger partial charge in [0.05, 0.1) is 0 Å². The molecule has 0 aromatic carbocycles. The number of hydrogen-bond acceptors (Lipinski definition) is 4. The van der Waals surface area contributed by atoms with Gasteiger partial charge >= 0.3 is 0 Å². The number of nitrogens with one attached hydrogen (secondary N) is 1. The summed E-state index contributed by atoms with van der Waals surface area (Å²) in [5.74, 6) is 0. The molecule has 0 unspecified atom stereocenters. The molecular weight excluding hydrogens is 194 g/mol. The third kappa shape index (κ3) is 4.47. The second-order valence-corrected chi connectivity index (χ2v) is 4.13. The Morgan fingerprint density at radius 2 is 1.87 bits per heavy atom. The van der Waals surface area contributed by atoms with Crippen LogP contribution in [0.15, 0.2) is 0 Å². The van der Waals surface area contributed by atoms with E-state index in [1.54, 1.807) is 0 Å². The van der Waals surface area contributed by atoms with Crippen LogP contribution in [0.2, 0.25) is 0 Å². The molecule has 0 spiro atoms. The molecule has 0 saturated heterocycles. The van der Waals surface area contributed by atoms with Crippen LogP contribution in [-0.4, -0.2) is 44.3 Å². The van der Waals surface area contributed by atoms with Crippen molar-refractivity contribution in [2.24, 2.45) is 5.41 Å². The van der Waals surface area contributed by atoms with E-state index in [0.717, 1.165) is 19.4 Å². The third-order valence-electron chi connectivity index (χ3n) is 2.81. The predicted octanol–water partition coefficient (Wildman–Crippen LogP) is 0.748. The Kier molecular flexibility index (Phi) is 5.53. The smallest absolute Gasteiger partial charge is 0.169 e. The van der Waals surface area contributed by atoms with E-state index in [0.29, 0.717) is 19.8 Å². The van der Waals surface area contributed by atoms with Gasteiger partial charge in [0.15, 0.2) is 6.29 Å². The van der Waals surface area contributed by atoms with Crippen LogP contribution < -0.4 is 5.32 Å². The zero-order chi connectivity index (χ0) is 11.1. The SMILES string of the molecule is CCOC(CNCC1(CO)CC1)OCC. The molecule has 2 N–H and O–H groups in total. The zero-order valence-electron chi connectivity index (χ0n) is 9.79. The average Bonchev–Trinajstić information content (AvgIpc) is 2.99. The van der Waals surface area contributed by atoms with E-state index in [4.69, 9.17) is 14.6 Å². The van der Waals surface area contributed by atoms with Gasteiger partial charge in [-0.05, 0) is 26.7 Å². The average molecular weight is 217 g/mol. The van der Waals surface area contributed by atoms with Gasteiger partial charge in [0.1, 0.15) is 0 Å². The molecule has 4 heteroatoms. The molecule has 0 bridgehead atoms. The molecule has 0 atom stereocenters. The second-order valence-electron chi connectivity index (χ2n) is 4.13. The number of hydrogen-bond donors (Lipinski definition) is 2. The van der Waals surface area contributed by atoms with E-state index in [-0.39, 0.29) is 18.3 Å². The topological polar surface area (TPSA) is 50.7 Å². The quantitative estimate of drug-likeness (QED) is 0.560. The van der Waals surface area contributed by atoms with Crippen molar-refractivity contribution < 1.29 is 14.6 Å². The first kappa shape index (κ1) is 12.9. The molecule has 90 valence electrons. The van der Waals surface area contributed by atoms with E-state index < -0.39 is 0 Å². The number of aliphatic hydroxyl groups is 1. The standard InChI is InChI=1S/C11H23NO3/c1-3-14-10(15-4-2)7-12-8-11(9-13)5-6-11/h10,12-13H,3-9H2,1-2H3. The maximum atomic E-state index is 9.13. The van der Waals surface area contributed by atoms with E-state index in [2.05, 4.69) is 5.32 Å². The summed E-state index contributed by atoms with van der Waals surface area (Å²) in [4.78, 5) is 0. The van der Waals surface area contributed by atoms with Gasteiger partial charge in [-0.25, -0.2) is 0 Å². The summed E-state index contributed by atoms with van der Waals surface area (Å²) in [6, 6.07) is 0. The molecular formula is C11H23NO3. The highest BCUT2D eigenvalue weighted by molar-refractivity contribution is 4.94. The largest absolute Gasteiger partial charge is 0.396 e. The van der Waals surface area contributed by atoms with Crippen molar-refractivity contribution in [2.75, 3.05) is 32.9 Å². The van der Waals surface area contributed by atoms with Gasteiger partial charge in [-0.3, -0.25) is 0 Å². The molecule has 1 fully saturated rings. The van der Waals surface area contributed by atoms with Crippen LogP contribution in [0, 0.1) is 5.41 Å². The lowest BCUT2D eigenvalue weighted by atomic mass is 10.1. The Labute approximate surface area is 92.0 Å². The van der Waals surface area contributed by atoms with E-state index in [1.807, 2.05) is 13.8 Å². The fourth-order valence-electron chi connectivity index (χ4n) is 1.56. The first-order valence-electron chi connectivity index (χ1n) is 5.81. The van der Waals surface area contributed by atoms with Crippen molar-refractivity contribution in [1.82, 2.24) is 5.32 Å². The lowest BCUT2D eigenvalue weighted by molar-refractivity contribution is -0.133. The molecule has 15 heavy (non-hydrogen) atoms. The number of aliphatic hydroxyl groups excluding tert-OH is 1. The van der Waals surface area contributed by atoms with Crippen LogP contribution in [-0.2, 0) is 9.47 Å². The van der Waals surface area contributed by atoms with E-state index in [9.17, 15) is 0 Å². The van der Waals surface area contributed by atoms with Crippen LogP contribution in [0.4, 0.5) is 0 Å². The van der Waals surface area contributed by atoms with Gasteiger partial charge in [-0.1, -0.05) is 0 Å². The molecule has 0 heterocycles. The maximum Gasteiger partial charge on any atom is 0.169 e. The molecule has 0 radical (unpaired) electrons. The van der Waals surface area contributed by atoms with Crippen LogP contribution >= 0.6 is 0 Å². The first-order chi connectivity index (χ1) is 7.26. The zero-order valence-corrected chi connectivity index (χ0v) is 9.79. The summed E-state index contributed by atoms with van der Waals surface area (Å²) in [6.45, 7) is 7.09. The monoisotopic (exact) mass is 217 g/mol. The van der Waals surface area contributed by atoms with Crippen molar-refractivity contribution in [2.45, 2.75) is 33.0 Å². The highest BCUT2D eigenvalue weighted by atomic mass is 16.7. The maximum absolute atomic E-state index is 9.13. The van der Waals surface area contributed by atoms with Crippen molar-refractivity contribution in [1.29, 1.82) is 0 Å². The Morgan fingerprint density at radius 1 is 1.27 bits per heavy atom.